The molecule has 0 aliphatic rings. The van der Waals surface area contributed by atoms with E-state index in [1.165, 1.54) is 6.92 Å². The molecule has 0 unspecified atom stereocenters. The van der Waals surface area contributed by atoms with Crippen molar-refractivity contribution in [2.24, 2.45) is 11.8 Å². The molecule has 0 saturated carbocycles. The Balaban J connectivity index is 4.85. The summed E-state index contributed by atoms with van der Waals surface area (Å²) in [4.78, 5) is 34.3. The summed E-state index contributed by atoms with van der Waals surface area (Å²) in [5.41, 5.74) is 0. The van der Waals surface area contributed by atoms with Gasteiger partial charge in [-0.25, -0.2) is 4.79 Å². The third-order valence-corrected chi connectivity index (χ3v) is 3.08. The SMILES string of the molecule is CC[C@H](C)[C@H](NC(=O)[C@@H](NC(C)=O)C(C)C)C(=O)O. The van der Waals surface area contributed by atoms with Crippen LogP contribution in [0.2, 0.25) is 0 Å². The van der Waals surface area contributed by atoms with E-state index >= 15 is 0 Å². The highest BCUT2D eigenvalue weighted by atomic mass is 16.4. The molecule has 2 amide bonds. The van der Waals surface area contributed by atoms with Crippen LogP contribution in [0.3, 0.4) is 0 Å². The minimum atomic E-state index is -1.06. The third kappa shape index (κ3) is 5.72. The van der Waals surface area contributed by atoms with Crippen molar-refractivity contribution in [1.82, 2.24) is 10.6 Å². The first kappa shape index (κ1) is 17.4. The average molecular weight is 272 g/mol. The summed E-state index contributed by atoms with van der Waals surface area (Å²) in [6.45, 7) is 8.53. The van der Waals surface area contributed by atoms with Crippen LogP contribution in [0.15, 0.2) is 0 Å². The predicted molar refractivity (Wildman–Crippen MR) is 71.5 cm³/mol. The van der Waals surface area contributed by atoms with Gasteiger partial charge < -0.3 is 15.7 Å². The molecule has 0 aliphatic heterocycles. The normalized spacial score (nSPS) is 15.5. The Morgan fingerprint density at radius 2 is 1.58 bits per heavy atom. The number of carboxylic acids is 1. The molecule has 0 aromatic heterocycles. The van der Waals surface area contributed by atoms with Gasteiger partial charge in [0.15, 0.2) is 0 Å². The maximum Gasteiger partial charge on any atom is 0.326 e. The summed E-state index contributed by atoms with van der Waals surface area (Å²) in [7, 11) is 0. The number of carboxylic acid groups (broad SMARTS) is 1. The number of rotatable bonds is 7. The zero-order valence-corrected chi connectivity index (χ0v) is 12.2. The molecule has 0 heterocycles. The van der Waals surface area contributed by atoms with Gasteiger partial charge in [0.25, 0.3) is 0 Å². The van der Waals surface area contributed by atoms with Crippen molar-refractivity contribution in [3.63, 3.8) is 0 Å². The Hall–Kier alpha value is -1.59. The second kappa shape index (κ2) is 7.76. The second-order valence-corrected chi connectivity index (χ2v) is 5.13. The van der Waals surface area contributed by atoms with E-state index in [0.29, 0.717) is 6.42 Å². The molecule has 3 atom stereocenters. The van der Waals surface area contributed by atoms with Gasteiger partial charge in [-0.05, 0) is 11.8 Å². The van der Waals surface area contributed by atoms with Gasteiger partial charge >= 0.3 is 5.97 Å². The van der Waals surface area contributed by atoms with E-state index in [1.54, 1.807) is 20.8 Å². The molecular formula is C13H24N2O4. The van der Waals surface area contributed by atoms with Crippen molar-refractivity contribution in [3.05, 3.63) is 0 Å². The van der Waals surface area contributed by atoms with Crippen molar-refractivity contribution >= 4 is 17.8 Å². The molecule has 6 heteroatoms. The lowest BCUT2D eigenvalue weighted by atomic mass is 9.97. The molecule has 0 saturated heterocycles. The van der Waals surface area contributed by atoms with Gasteiger partial charge in [0.05, 0.1) is 0 Å². The maximum atomic E-state index is 12.1. The van der Waals surface area contributed by atoms with E-state index in [9.17, 15) is 14.4 Å². The van der Waals surface area contributed by atoms with Crippen LogP contribution in [-0.2, 0) is 14.4 Å². The summed E-state index contributed by atoms with van der Waals surface area (Å²) in [6, 6.07) is -1.66. The Morgan fingerprint density at radius 3 is 1.89 bits per heavy atom. The van der Waals surface area contributed by atoms with Crippen LogP contribution in [0.4, 0.5) is 0 Å². The van der Waals surface area contributed by atoms with Gasteiger partial charge in [-0.3, -0.25) is 9.59 Å². The number of carbonyl (C=O) groups excluding carboxylic acids is 2. The third-order valence-electron chi connectivity index (χ3n) is 3.08. The number of nitrogens with one attached hydrogen (secondary N) is 2. The molecule has 3 N–H and O–H groups in total. The molecule has 110 valence electrons. The molecule has 0 bridgehead atoms. The zero-order chi connectivity index (χ0) is 15.2. The van der Waals surface area contributed by atoms with Crippen LogP contribution >= 0.6 is 0 Å². The fourth-order valence-electron chi connectivity index (χ4n) is 1.68. The highest BCUT2D eigenvalue weighted by molar-refractivity contribution is 5.90. The summed E-state index contributed by atoms with van der Waals surface area (Å²) in [5, 5.41) is 14.2. The lowest BCUT2D eigenvalue weighted by Gasteiger charge is -2.25. The first-order valence-electron chi connectivity index (χ1n) is 6.50. The second-order valence-electron chi connectivity index (χ2n) is 5.13. The number of hydrogen-bond acceptors (Lipinski definition) is 3. The molecule has 0 fully saturated rings. The van der Waals surface area contributed by atoms with Crippen LogP contribution in [0, 0.1) is 11.8 Å². The summed E-state index contributed by atoms with van der Waals surface area (Å²) < 4.78 is 0. The van der Waals surface area contributed by atoms with E-state index in [-0.39, 0.29) is 17.7 Å². The van der Waals surface area contributed by atoms with Crippen molar-refractivity contribution in [3.8, 4) is 0 Å². The van der Waals surface area contributed by atoms with Crippen LogP contribution in [0.5, 0.6) is 0 Å². The summed E-state index contributed by atoms with van der Waals surface area (Å²) in [6.07, 6.45) is 0.643. The van der Waals surface area contributed by atoms with E-state index in [1.807, 2.05) is 6.92 Å². The fourth-order valence-corrected chi connectivity index (χ4v) is 1.68. The van der Waals surface area contributed by atoms with Crippen molar-refractivity contribution in [1.29, 1.82) is 0 Å². The molecule has 0 aromatic rings. The van der Waals surface area contributed by atoms with Crippen molar-refractivity contribution in [2.45, 2.75) is 53.1 Å². The lowest BCUT2D eigenvalue weighted by Crippen LogP contribution is -2.54. The molecule has 0 aliphatic carbocycles. The highest BCUT2D eigenvalue weighted by Crippen LogP contribution is 2.10. The summed E-state index contributed by atoms with van der Waals surface area (Å²) in [5.74, 6) is -2.13. The van der Waals surface area contributed by atoms with E-state index < -0.39 is 24.0 Å². The number of amides is 2. The predicted octanol–water partition coefficient (Wildman–Crippen LogP) is 0.763. The fraction of sp³-hybridized carbons (Fsp3) is 0.769. The van der Waals surface area contributed by atoms with Crippen LogP contribution < -0.4 is 10.6 Å². The number of aliphatic carboxylic acids is 1. The first-order valence-corrected chi connectivity index (χ1v) is 6.50. The highest BCUT2D eigenvalue weighted by Gasteiger charge is 2.30. The largest absolute Gasteiger partial charge is 0.480 e. The average Bonchev–Trinajstić information content (AvgIpc) is 2.30. The molecule has 19 heavy (non-hydrogen) atoms. The van der Waals surface area contributed by atoms with Crippen LogP contribution in [-0.4, -0.2) is 35.0 Å². The molecule has 6 nitrogen and oxygen atoms in total. The van der Waals surface area contributed by atoms with E-state index in [0.717, 1.165) is 0 Å². The van der Waals surface area contributed by atoms with Crippen molar-refractivity contribution in [2.75, 3.05) is 0 Å². The topological polar surface area (TPSA) is 95.5 Å². The molecular weight excluding hydrogens is 248 g/mol. The Bertz CT molecular complexity index is 342. The molecule has 0 rings (SSSR count). The van der Waals surface area contributed by atoms with Crippen LogP contribution in [0.1, 0.15) is 41.0 Å². The molecule has 0 radical (unpaired) electrons. The zero-order valence-electron chi connectivity index (χ0n) is 12.2. The quantitative estimate of drug-likeness (QED) is 0.637. The lowest BCUT2D eigenvalue weighted by molar-refractivity contribution is -0.144. The van der Waals surface area contributed by atoms with Gasteiger partial charge in [0.2, 0.25) is 11.8 Å². The Kier molecular flexibility index (Phi) is 7.11. The Morgan fingerprint density at radius 1 is 1.05 bits per heavy atom. The molecule has 0 spiro atoms. The van der Waals surface area contributed by atoms with Gasteiger partial charge in [-0.15, -0.1) is 0 Å². The van der Waals surface area contributed by atoms with Gasteiger partial charge in [-0.2, -0.15) is 0 Å². The number of hydrogen-bond donors (Lipinski definition) is 3. The number of carbonyl (C=O) groups is 3. The standard InChI is InChI=1S/C13H24N2O4/c1-6-8(4)11(13(18)19)15-12(17)10(7(2)3)14-9(5)16/h7-8,10-11H,6H2,1-5H3,(H,14,16)(H,15,17)(H,18,19)/t8-,10-,11-/m0/s1. The van der Waals surface area contributed by atoms with E-state index in [4.69, 9.17) is 5.11 Å². The van der Waals surface area contributed by atoms with Crippen molar-refractivity contribution < 1.29 is 19.5 Å². The molecule has 0 aromatic carbocycles. The first-order chi connectivity index (χ1) is 8.70. The smallest absolute Gasteiger partial charge is 0.326 e. The summed E-state index contributed by atoms with van der Waals surface area (Å²) >= 11 is 0. The Labute approximate surface area is 113 Å². The monoisotopic (exact) mass is 272 g/mol. The van der Waals surface area contributed by atoms with E-state index in [2.05, 4.69) is 10.6 Å². The maximum absolute atomic E-state index is 12.1. The van der Waals surface area contributed by atoms with Gasteiger partial charge in [0.1, 0.15) is 12.1 Å². The minimum Gasteiger partial charge on any atom is -0.480 e. The van der Waals surface area contributed by atoms with Gasteiger partial charge in [0, 0.05) is 6.92 Å². The minimum absolute atomic E-state index is 0.115. The van der Waals surface area contributed by atoms with Crippen LogP contribution in [0.25, 0.3) is 0 Å². The van der Waals surface area contributed by atoms with Gasteiger partial charge in [-0.1, -0.05) is 34.1 Å².